The number of carbonyl (C=O) groups excluding carboxylic acids is 1. The summed E-state index contributed by atoms with van der Waals surface area (Å²) >= 11 is 6.95. The van der Waals surface area contributed by atoms with Crippen molar-refractivity contribution in [2.75, 3.05) is 57.9 Å². The molecule has 0 bridgehead atoms. The molecule has 41 heavy (non-hydrogen) atoms. The first-order valence-electron chi connectivity index (χ1n) is 14.1. The molecule has 6 rings (SSSR count). The van der Waals surface area contributed by atoms with Gasteiger partial charge < -0.3 is 14.8 Å². The van der Waals surface area contributed by atoms with Gasteiger partial charge in [0.15, 0.2) is 5.82 Å². The summed E-state index contributed by atoms with van der Waals surface area (Å²) in [7, 11) is 0. The molecule has 1 amide bonds. The van der Waals surface area contributed by atoms with Crippen molar-refractivity contribution in [1.29, 1.82) is 0 Å². The Bertz CT molecular complexity index is 1420. The Morgan fingerprint density at radius 3 is 2.80 bits per heavy atom. The van der Waals surface area contributed by atoms with E-state index in [4.69, 9.17) is 21.7 Å². The zero-order chi connectivity index (χ0) is 28.0. The highest BCUT2D eigenvalue weighted by Crippen LogP contribution is 2.37. The van der Waals surface area contributed by atoms with Gasteiger partial charge in [0.25, 0.3) is 5.91 Å². The van der Waals surface area contributed by atoms with E-state index in [1.165, 1.54) is 23.0 Å². The van der Waals surface area contributed by atoms with Crippen molar-refractivity contribution < 1.29 is 14.3 Å². The lowest BCUT2D eigenvalue weighted by molar-refractivity contribution is -0.122. The molecule has 2 N–H and O–H groups in total. The highest BCUT2D eigenvalue weighted by atomic mass is 32.2. The number of thioether (sulfide) groups is 1. The molecule has 12 heteroatoms. The fourth-order valence-electron chi connectivity index (χ4n) is 5.24. The number of amides is 1. The number of unbranched alkanes of at least 4 members (excludes halogenated alkanes) is 1. The van der Waals surface area contributed by atoms with E-state index < -0.39 is 0 Å². The molecule has 1 aromatic heterocycles. The molecule has 0 atom stereocenters. The second-order valence-corrected chi connectivity index (χ2v) is 11.9. The van der Waals surface area contributed by atoms with Gasteiger partial charge in [0.05, 0.1) is 18.1 Å². The van der Waals surface area contributed by atoms with E-state index in [1.807, 2.05) is 12.1 Å². The number of aryl methyl sites for hydroxylation is 1. The molecule has 2 aromatic carbocycles. The van der Waals surface area contributed by atoms with Crippen LogP contribution in [0.1, 0.15) is 29.8 Å². The molecule has 0 radical (unpaired) electrons. The lowest BCUT2D eigenvalue weighted by atomic mass is 9.99. The summed E-state index contributed by atoms with van der Waals surface area (Å²) in [6.07, 6.45) is 5.30. The molecule has 0 aliphatic carbocycles. The standard InChI is InChI=1S/C29H33N7O3S2/c37-28-26(41-29(40)36(28)10-2-1-3-27-31-33-34-32-27)19-23-18-21(20-4-6-24-22(17-20)8-9-30-24)5-7-25(23)39-16-13-35-11-14-38-15-12-35/h4-7,17-19,30H,1-3,8-16H2,(H,31,32,33,34). The number of anilines is 1. The maximum absolute atomic E-state index is 13.4. The van der Waals surface area contributed by atoms with Crippen LogP contribution in [-0.2, 0) is 22.4 Å². The van der Waals surface area contributed by atoms with Crippen molar-refractivity contribution in [3.8, 4) is 16.9 Å². The summed E-state index contributed by atoms with van der Waals surface area (Å²) in [6, 6.07) is 12.8. The van der Waals surface area contributed by atoms with E-state index in [0.717, 1.165) is 81.1 Å². The predicted molar refractivity (Wildman–Crippen MR) is 164 cm³/mol. The fourth-order valence-corrected chi connectivity index (χ4v) is 6.54. The summed E-state index contributed by atoms with van der Waals surface area (Å²) in [5, 5.41) is 17.5. The van der Waals surface area contributed by atoms with Gasteiger partial charge in [0, 0.05) is 50.4 Å². The summed E-state index contributed by atoms with van der Waals surface area (Å²) in [5.74, 6) is 1.37. The van der Waals surface area contributed by atoms with Crippen LogP contribution in [0.25, 0.3) is 17.2 Å². The number of nitrogens with one attached hydrogen (secondary N) is 2. The Labute approximate surface area is 248 Å². The van der Waals surface area contributed by atoms with Crippen molar-refractivity contribution in [3.05, 3.63) is 58.3 Å². The van der Waals surface area contributed by atoms with Gasteiger partial charge >= 0.3 is 0 Å². The predicted octanol–water partition coefficient (Wildman–Crippen LogP) is 3.77. The molecule has 214 valence electrons. The van der Waals surface area contributed by atoms with Crippen LogP contribution in [0.15, 0.2) is 41.3 Å². The quantitative estimate of drug-likeness (QED) is 0.194. The highest BCUT2D eigenvalue weighted by Gasteiger charge is 2.32. The largest absolute Gasteiger partial charge is 0.492 e. The molecule has 0 unspecified atom stereocenters. The zero-order valence-electron chi connectivity index (χ0n) is 22.8. The number of hydrogen-bond donors (Lipinski definition) is 2. The lowest BCUT2D eigenvalue weighted by Crippen LogP contribution is -2.38. The summed E-state index contributed by atoms with van der Waals surface area (Å²) in [5.41, 5.74) is 5.65. The first-order chi connectivity index (χ1) is 20.1. The van der Waals surface area contributed by atoms with Crippen LogP contribution in [0.5, 0.6) is 5.75 Å². The highest BCUT2D eigenvalue weighted by molar-refractivity contribution is 8.26. The van der Waals surface area contributed by atoms with Gasteiger partial charge in [0.2, 0.25) is 0 Å². The van der Waals surface area contributed by atoms with Crippen LogP contribution in [0.2, 0.25) is 0 Å². The first-order valence-corrected chi connectivity index (χ1v) is 15.3. The van der Waals surface area contributed by atoms with E-state index in [1.54, 1.807) is 4.90 Å². The third kappa shape index (κ3) is 6.78. The number of carbonyl (C=O) groups is 1. The van der Waals surface area contributed by atoms with Crippen molar-refractivity contribution in [2.24, 2.45) is 0 Å². The Morgan fingerprint density at radius 2 is 1.95 bits per heavy atom. The smallest absolute Gasteiger partial charge is 0.266 e. The minimum Gasteiger partial charge on any atom is -0.492 e. The molecule has 0 spiro atoms. The van der Waals surface area contributed by atoms with Gasteiger partial charge in [0.1, 0.15) is 16.7 Å². The average molecular weight is 592 g/mol. The second-order valence-electron chi connectivity index (χ2n) is 10.2. The van der Waals surface area contributed by atoms with Gasteiger partial charge in [-0.15, -0.1) is 10.2 Å². The Kier molecular flexibility index (Phi) is 8.90. The van der Waals surface area contributed by atoms with Gasteiger partial charge in [-0.1, -0.05) is 41.3 Å². The number of tetrazole rings is 1. The van der Waals surface area contributed by atoms with E-state index >= 15 is 0 Å². The number of fused-ring (bicyclic) bond motifs is 1. The number of nitrogens with zero attached hydrogens (tertiary/aromatic N) is 5. The Morgan fingerprint density at radius 1 is 1.10 bits per heavy atom. The Balaban J connectivity index is 1.19. The van der Waals surface area contributed by atoms with Crippen molar-refractivity contribution in [3.63, 3.8) is 0 Å². The number of aromatic amines is 1. The zero-order valence-corrected chi connectivity index (χ0v) is 24.4. The van der Waals surface area contributed by atoms with Crippen molar-refractivity contribution in [1.82, 2.24) is 30.4 Å². The third-order valence-corrected chi connectivity index (χ3v) is 8.89. The first kappa shape index (κ1) is 27.8. The monoisotopic (exact) mass is 591 g/mol. The molecule has 3 aliphatic heterocycles. The molecule has 4 heterocycles. The average Bonchev–Trinajstić information content (AvgIpc) is 3.74. The van der Waals surface area contributed by atoms with Crippen molar-refractivity contribution in [2.45, 2.75) is 25.7 Å². The number of ether oxygens (including phenoxy) is 2. The molecular weight excluding hydrogens is 558 g/mol. The molecule has 3 aliphatic rings. The van der Waals surface area contributed by atoms with Crippen LogP contribution in [0.3, 0.4) is 0 Å². The molecular formula is C29H33N7O3S2. The SMILES string of the molecule is O=C1C(=Cc2cc(-c3ccc4c(c3)CCN4)ccc2OCCN2CCOCC2)SC(=S)N1CCCCc1nn[nH]n1. The maximum Gasteiger partial charge on any atom is 0.266 e. The lowest BCUT2D eigenvalue weighted by Gasteiger charge is -2.26. The van der Waals surface area contributed by atoms with Crippen LogP contribution in [0.4, 0.5) is 5.69 Å². The van der Waals surface area contributed by atoms with Crippen molar-refractivity contribution >= 4 is 46.0 Å². The Hall–Kier alpha value is -3.32. The number of H-pyrrole nitrogens is 1. The topological polar surface area (TPSA) is 109 Å². The molecule has 0 saturated carbocycles. The number of morpholine rings is 1. The minimum atomic E-state index is -0.0622. The minimum absolute atomic E-state index is 0.0622. The van der Waals surface area contributed by atoms with Crippen LogP contribution in [-0.4, -0.2) is 93.2 Å². The maximum atomic E-state index is 13.4. The number of benzene rings is 2. The van der Waals surface area contributed by atoms with Gasteiger partial charge in [-0.3, -0.25) is 14.6 Å². The van der Waals surface area contributed by atoms with Crippen LogP contribution < -0.4 is 10.1 Å². The summed E-state index contributed by atoms with van der Waals surface area (Å²) in [6.45, 7) is 6.27. The van der Waals surface area contributed by atoms with E-state index in [-0.39, 0.29) is 5.91 Å². The second kappa shape index (κ2) is 13.1. The van der Waals surface area contributed by atoms with Gasteiger partial charge in [-0.25, -0.2) is 0 Å². The normalized spacial score (nSPS) is 18.2. The molecule has 2 fully saturated rings. The van der Waals surface area contributed by atoms with E-state index in [2.05, 4.69) is 61.2 Å². The number of aromatic nitrogens is 4. The van der Waals surface area contributed by atoms with E-state index in [9.17, 15) is 4.79 Å². The van der Waals surface area contributed by atoms with Gasteiger partial charge in [-0.05, 0) is 66.3 Å². The van der Waals surface area contributed by atoms with Crippen LogP contribution >= 0.6 is 24.0 Å². The fraction of sp³-hybridized carbons (Fsp3) is 0.414. The van der Waals surface area contributed by atoms with E-state index in [0.29, 0.717) is 34.6 Å². The van der Waals surface area contributed by atoms with Gasteiger partial charge in [-0.2, -0.15) is 5.21 Å². The van der Waals surface area contributed by atoms with Crippen LogP contribution in [0, 0.1) is 0 Å². The molecule has 3 aromatic rings. The summed E-state index contributed by atoms with van der Waals surface area (Å²) < 4.78 is 12.3. The molecule has 2 saturated heterocycles. The number of hydrogen-bond acceptors (Lipinski definition) is 10. The molecule has 10 nitrogen and oxygen atoms in total. The number of thiocarbonyl (C=S) groups is 1. The summed E-state index contributed by atoms with van der Waals surface area (Å²) in [4.78, 5) is 18.1. The third-order valence-electron chi connectivity index (χ3n) is 7.51. The number of rotatable bonds is 11.